The average Bonchev–Trinajstić information content (AvgIpc) is 2.70. The fourth-order valence-corrected chi connectivity index (χ4v) is 2.88. The second kappa shape index (κ2) is 19.5. The molecule has 6 nitrogen and oxygen atoms in total. The third-order valence-electron chi connectivity index (χ3n) is 4.75. The molecule has 29 heavy (non-hydrogen) atoms. The number of hydrogen-bond donors (Lipinski definition) is 3. The Labute approximate surface area is 177 Å². The Kier molecular flexibility index (Phi) is 18.2. The lowest BCUT2D eigenvalue weighted by Crippen LogP contribution is -2.47. The van der Waals surface area contributed by atoms with Crippen molar-refractivity contribution < 1.29 is 14.4 Å². The van der Waals surface area contributed by atoms with Gasteiger partial charge in [0.1, 0.15) is 6.04 Å². The highest BCUT2D eigenvalue weighted by molar-refractivity contribution is 5.88. The van der Waals surface area contributed by atoms with Crippen molar-refractivity contribution in [3.63, 3.8) is 0 Å². The maximum absolute atomic E-state index is 12.4. The molecule has 168 valence electrons. The van der Waals surface area contributed by atoms with Crippen molar-refractivity contribution >= 4 is 17.7 Å². The minimum atomic E-state index is -0.647. The first-order valence-corrected chi connectivity index (χ1v) is 11.5. The first-order chi connectivity index (χ1) is 14.0. The molecular formula is C23H43N3O3. The molecule has 0 radical (unpaired) electrons. The van der Waals surface area contributed by atoms with Gasteiger partial charge in [0, 0.05) is 25.9 Å². The van der Waals surface area contributed by atoms with Crippen molar-refractivity contribution in [1.82, 2.24) is 16.0 Å². The fraction of sp³-hybridized carbons (Fsp3) is 0.783. The highest BCUT2D eigenvalue weighted by atomic mass is 16.2. The van der Waals surface area contributed by atoms with Crippen LogP contribution >= 0.6 is 0 Å². The van der Waals surface area contributed by atoms with Gasteiger partial charge in [-0.15, -0.1) is 0 Å². The second-order valence-electron chi connectivity index (χ2n) is 7.53. The van der Waals surface area contributed by atoms with E-state index in [0.717, 1.165) is 57.8 Å². The zero-order chi connectivity index (χ0) is 21.7. The van der Waals surface area contributed by atoms with Gasteiger partial charge in [-0.25, -0.2) is 0 Å². The molecule has 3 amide bonds. The van der Waals surface area contributed by atoms with Gasteiger partial charge in [0.15, 0.2) is 0 Å². The predicted octanol–water partition coefficient (Wildman–Crippen LogP) is 4.00. The number of unbranched alkanes of at least 4 members (excludes halogenated alkanes) is 6. The van der Waals surface area contributed by atoms with Crippen molar-refractivity contribution in [2.75, 3.05) is 13.1 Å². The van der Waals surface area contributed by atoms with Crippen LogP contribution in [0.1, 0.15) is 97.8 Å². The Balaban J connectivity index is 4.35. The lowest BCUT2D eigenvalue weighted by molar-refractivity contribution is -0.129. The summed E-state index contributed by atoms with van der Waals surface area (Å²) in [4.78, 5) is 36.7. The van der Waals surface area contributed by atoms with Crippen LogP contribution in [0.25, 0.3) is 0 Å². The SMILES string of the molecule is C/C=C/CCCCCCC(=O)N[C@@H](CCC(=O)NCCCC)C(=O)NCCCC. The molecule has 0 unspecified atom stereocenters. The van der Waals surface area contributed by atoms with Crippen molar-refractivity contribution in [3.8, 4) is 0 Å². The standard InChI is InChI=1S/C23H43N3O3/c1-4-7-10-11-12-13-14-15-22(28)26-20(23(29)25-19-9-6-3)16-17-21(27)24-18-8-5-2/h4,7,20H,5-6,8-19H2,1-3H3,(H,24,27)(H,25,29)(H,26,28)/b7-4+/t20-/m0/s1. The van der Waals surface area contributed by atoms with E-state index in [9.17, 15) is 14.4 Å². The quantitative estimate of drug-likeness (QED) is 0.236. The van der Waals surface area contributed by atoms with Crippen molar-refractivity contribution in [3.05, 3.63) is 12.2 Å². The number of allylic oxidation sites excluding steroid dienone is 2. The molecule has 0 aliphatic heterocycles. The van der Waals surface area contributed by atoms with E-state index in [1.807, 2.05) is 6.92 Å². The van der Waals surface area contributed by atoms with Gasteiger partial charge in [-0.2, -0.15) is 0 Å². The zero-order valence-electron chi connectivity index (χ0n) is 18.9. The molecule has 3 N–H and O–H groups in total. The topological polar surface area (TPSA) is 87.3 Å². The van der Waals surface area contributed by atoms with Crippen LogP contribution in [-0.4, -0.2) is 36.9 Å². The van der Waals surface area contributed by atoms with Gasteiger partial charge in [0.05, 0.1) is 0 Å². The molecule has 0 saturated carbocycles. The first-order valence-electron chi connectivity index (χ1n) is 11.5. The van der Waals surface area contributed by atoms with E-state index in [4.69, 9.17) is 0 Å². The van der Waals surface area contributed by atoms with Crippen molar-refractivity contribution in [1.29, 1.82) is 0 Å². The van der Waals surface area contributed by atoms with Gasteiger partial charge in [-0.05, 0) is 45.4 Å². The van der Waals surface area contributed by atoms with Crippen LogP contribution in [0.4, 0.5) is 0 Å². The van der Waals surface area contributed by atoms with Crippen LogP contribution in [0.15, 0.2) is 12.2 Å². The lowest BCUT2D eigenvalue weighted by atomic mass is 10.1. The Morgan fingerprint density at radius 1 is 0.793 bits per heavy atom. The summed E-state index contributed by atoms with van der Waals surface area (Å²) < 4.78 is 0. The van der Waals surface area contributed by atoms with Crippen LogP contribution in [0.5, 0.6) is 0 Å². The summed E-state index contributed by atoms with van der Waals surface area (Å²) in [6.45, 7) is 7.40. The summed E-state index contributed by atoms with van der Waals surface area (Å²) in [5.41, 5.74) is 0. The molecule has 0 aromatic carbocycles. The maximum Gasteiger partial charge on any atom is 0.242 e. The van der Waals surface area contributed by atoms with Crippen LogP contribution in [0, 0.1) is 0 Å². The molecule has 0 aliphatic carbocycles. The van der Waals surface area contributed by atoms with E-state index in [2.05, 4.69) is 41.9 Å². The number of carbonyl (C=O) groups is 3. The van der Waals surface area contributed by atoms with Crippen molar-refractivity contribution in [2.45, 2.75) is 104 Å². The molecular weight excluding hydrogens is 366 g/mol. The van der Waals surface area contributed by atoms with E-state index < -0.39 is 6.04 Å². The number of rotatable bonds is 18. The number of carbonyl (C=O) groups excluding carboxylic acids is 3. The van der Waals surface area contributed by atoms with Crippen molar-refractivity contribution in [2.24, 2.45) is 0 Å². The number of amides is 3. The smallest absolute Gasteiger partial charge is 0.242 e. The van der Waals surface area contributed by atoms with Gasteiger partial charge < -0.3 is 16.0 Å². The summed E-state index contributed by atoms with van der Waals surface area (Å²) >= 11 is 0. The average molecular weight is 410 g/mol. The normalized spacial score (nSPS) is 12.0. The van der Waals surface area contributed by atoms with E-state index >= 15 is 0 Å². The predicted molar refractivity (Wildman–Crippen MR) is 120 cm³/mol. The summed E-state index contributed by atoms with van der Waals surface area (Å²) in [6.07, 6.45) is 14.2. The minimum Gasteiger partial charge on any atom is -0.356 e. The Bertz CT molecular complexity index is 478. The summed E-state index contributed by atoms with van der Waals surface area (Å²) in [5, 5.41) is 8.56. The molecule has 6 heteroatoms. The Morgan fingerprint density at radius 3 is 2.10 bits per heavy atom. The largest absolute Gasteiger partial charge is 0.356 e. The molecule has 1 atom stereocenters. The second-order valence-corrected chi connectivity index (χ2v) is 7.53. The molecule has 0 aliphatic rings. The maximum atomic E-state index is 12.4. The highest BCUT2D eigenvalue weighted by Crippen LogP contribution is 2.07. The molecule has 0 heterocycles. The minimum absolute atomic E-state index is 0.0693. The third-order valence-corrected chi connectivity index (χ3v) is 4.75. The summed E-state index contributed by atoms with van der Waals surface area (Å²) in [7, 11) is 0. The van der Waals surface area contributed by atoms with Gasteiger partial charge in [-0.3, -0.25) is 14.4 Å². The van der Waals surface area contributed by atoms with Gasteiger partial charge in [0.2, 0.25) is 17.7 Å². The number of hydrogen-bond acceptors (Lipinski definition) is 3. The third kappa shape index (κ3) is 16.8. The van der Waals surface area contributed by atoms with E-state index in [0.29, 0.717) is 25.9 Å². The summed E-state index contributed by atoms with van der Waals surface area (Å²) in [5.74, 6) is -0.375. The van der Waals surface area contributed by atoms with Crippen LogP contribution < -0.4 is 16.0 Å². The molecule has 0 bridgehead atoms. The number of nitrogens with one attached hydrogen (secondary N) is 3. The molecule has 0 spiro atoms. The molecule has 0 aromatic heterocycles. The van der Waals surface area contributed by atoms with Crippen LogP contribution in [0.2, 0.25) is 0 Å². The monoisotopic (exact) mass is 409 g/mol. The van der Waals surface area contributed by atoms with Gasteiger partial charge >= 0.3 is 0 Å². The zero-order valence-corrected chi connectivity index (χ0v) is 18.9. The lowest BCUT2D eigenvalue weighted by Gasteiger charge is -2.18. The highest BCUT2D eigenvalue weighted by Gasteiger charge is 2.21. The van der Waals surface area contributed by atoms with E-state index in [1.54, 1.807) is 0 Å². The van der Waals surface area contributed by atoms with Crippen LogP contribution in [-0.2, 0) is 14.4 Å². The molecule has 0 rings (SSSR count). The Hall–Kier alpha value is -1.85. The van der Waals surface area contributed by atoms with E-state index in [-0.39, 0.29) is 24.1 Å². The Morgan fingerprint density at radius 2 is 1.45 bits per heavy atom. The summed E-state index contributed by atoms with van der Waals surface area (Å²) in [6, 6.07) is -0.647. The molecule has 0 aromatic rings. The van der Waals surface area contributed by atoms with Gasteiger partial charge in [0.25, 0.3) is 0 Å². The van der Waals surface area contributed by atoms with E-state index in [1.165, 1.54) is 0 Å². The van der Waals surface area contributed by atoms with Crippen LogP contribution in [0.3, 0.4) is 0 Å². The first kappa shape index (κ1) is 27.1. The molecule has 0 fully saturated rings. The molecule has 0 saturated heterocycles. The fourth-order valence-electron chi connectivity index (χ4n) is 2.88. The van der Waals surface area contributed by atoms with Gasteiger partial charge in [-0.1, -0.05) is 51.7 Å².